The maximum Gasteiger partial charge on any atom is 0.121 e. The topological polar surface area (TPSA) is 9.23 Å². The third-order valence-corrected chi connectivity index (χ3v) is 6.60. The monoisotopic (exact) mass is 352 g/mol. The van der Waals surface area contributed by atoms with Crippen LogP contribution in [0.2, 0.25) is 0 Å². The van der Waals surface area contributed by atoms with Gasteiger partial charge in [-0.3, -0.25) is 0 Å². The lowest BCUT2D eigenvalue weighted by atomic mass is 10.1. The summed E-state index contributed by atoms with van der Waals surface area (Å²) in [4.78, 5) is 1.60. The Bertz CT molecular complexity index is 685. The molecule has 0 saturated heterocycles. The summed E-state index contributed by atoms with van der Waals surface area (Å²) in [6.07, 6.45) is 0. The summed E-state index contributed by atoms with van der Waals surface area (Å²) >= 11 is 7.47. The third-order valence-electron chi connectivity index (χ3n) is 3.12. The molecule has 0 aliphatic rings. The van der Waals surface area contributed by atoms with Crippen LogP contribution in [-0.2, 0) is 0 Å². The average molecular weight is 353 g/mol. The van der Waals surface area contributed by atoms with Crippen LogP contribution in [0.5, 0.6) is 5.75 Å². The number of methoxy groups -OCH3 is 1. The minimum Gasteiger partial charge on any atom is -0.496 e. The van der Waals surface area contributed by atoms with Crippen LogP contribution in [0.15, 0.2) is 35.7 Å². The number of halogens is 1. The Hall–Kier alpha value is -0.840. The summed E-state index contributed by atoms with van der Waals surface area (Å²) in [5.41, 5.74) is 2.44. The van der Waals surface area contributed by atoms with Gasteiger partial charge in [-0.05, 0) is 41.6 Å². The summed E-state index contributed by atoms with van der Waals surface area (Å²) in [7, 11) is 1.71. The van der Waals surface area contributed by atoms with E-state index in [1.807, 2.05) is 17.4 Å². The number of hydrogen-bond acceptors (Lipinski definition) is 3. The van der Waals surface area contributed by atoms with Gasteiger partial charge < -0.3 is 4.74 Å². The van der Waals surface area contributed by atoms with E-state index in [9.17, 15) is 0 Å². The zero-order chi connectivity index (χ0) is 13.4. The number of thiophene rings is 2. The van der Waals surface area contributed by atoms with Gasteiger partial charge in [-0.1, -0.05) is 28.1 Å². The first-order chi connectivity index (χ1) is 9.19. The highest BCUT2D eigenvalue weighted by molar-refractivity contribution is 9.09. The van der Waals surface area contributed by atoms with Gasteiger partial charge in [0.25, 0.3) is 0 Å². The van der Waals surface area contributed by atoms with Crippen LogP contribution in [0, 0.1) is 6.92 Å². The van der Waals surface area contributed by atoms with Crippen molar-refractivity contribution < 1.29 is 4.74 Å². The van der Waals surface area contributed by atoms with Crippen LogP contribution in [-0.4, -0.2) is 7.11 Å². The Labute approximate surface area is 129 Å². The van der Waals surface area contributed by atoms with Gasteiger partial charge in [0.15, 0.2) is 0 Å². The molecule has 2 aromatic heterocycles. The number of aryl methyl sites for hydroxylation is 1. The van der Waals surface area contributed by atoms with Crippen molar-refractivity contribution in [3.63, 3.8) is 0 Å². The summed E-state index contributed by atoms with van der Waals surface area (Å²) in [5, 5.41) is 2.14. The molecule has 0 radical (unpaired) electrons. The lowest BCUT2D eigenvalue weighted by Gasteiger charge is -2.11. The van der Waals surface area contributed by atoms with E-state index < -0.39 is 0 Å². The molecule has 4 heteroatoms. The number of rotatable bonds is 3. The zero-order valence-electron chi connectivity index (χ0n) is 10.6. The molecular formula is C15H13BrOS2. The molecule has 0 amide bonds. The maximum absolute atomic E-state index is 5.31. The number of alkyl halides is 1. The second-order valence-corrected chi connectivity index (χ2v) is 7.37. The Kier molecular flexibility index (Phi) is 3.65. The SMILES string of the molecule is COc1ccc(C(Br)c2cc3sccc3s2)cc1C. The fourth-order valence-electron chi connectivity index (χ4n) is 2.13. The van der Waals surface area contributed by atoms with E-state index in [4.69, 9.17) is 4.74 Å². The molecule has 2 heterocycles. The van der Waals surface area contributed by atoms with Crippen molar-refractivity contribution in [1.29, 1.82) is 0 Å². The predicted molar refractivity (Wildman–Crippen MR) is 88.2 cm³/mol. The van der Waals surface area contributed by atoms with Crippen molar-refractivity contribution in [1.82, 2.24) is 0 Å². The summed E-state index contributed by atoms with van der Waals surface area (Å²) in [6, 6.07) is 10.8. The quantitative estimate of drug-likeness (QED) is 0.544. The van der Waals surface area contributed by atoms with Crippen LogP contribution in [0.3, 0.4) is 0 Å². The fourth-order valence-corrected chi connectivity index (χ4v) is 4.96. The van der Waals surface area contributed by atoms with Crippen molar-refractivity contribution in [2.24, 2.45) is 0 Å². The van der Waals surface area contributed by atoms with E-state index in [1.165, 1.54) is 25.4 Å². The average Bonchev–Trinajstić information content (AvgIpc) is 2.98. The van der Waals surface area contributed by atoms with Gasteiger partial charge in [-0.25, -0.2) is 0 Å². The van der Waals surface area contributed by atoms with Crippen LogP contribution < -0.4 is 4.74 Å². The summed E-state index contributed by atoms with van der Waals surface area (Å²) in [6.45, 7) is 2.08. The van der Waals surface area contributed by atoms with Crippen molar-refractivity contribution in [2.45, 2.75) is 11.8 Å². The molecule has 1 atom stereocenters. The van der Waals surface area contributed by atoms with Gasteiger partial charge in [-0.15, -0.1) is 22.7 Å². The molecule has 0 saturated carbocycles. The highest BCUT2D eigenvalue weighted by Crippen LogP contribution is 2.40. The molecule has 3 rings (SSSR count). The molecule has 0 bridgehead atoms. The molecule has 0 N–H and O–H groups in total. The van der Waals surface area contributed by atoms with Crippen LogP contribution in [0.1, 0.15) is 20.8 Å². The minimum atomic E-state index is 0.252. The minimum absolute atomic E-state index is 0.252. The Balaban J connectivity index is 1.96. The van der Waals surface area contributed by atoms with Crippen molar-refractivity contribution in [3.05, 3.63) is 51.7 Å². The lowest BCUT2D eigenvalue weighted by Crippen LogP contribution is -1.93. The third kappa shape index (κ3) is 2.45. The molecule has 0 aliphatic carbocycles. The number of hydrogen-bond donors (Lipinski definition) is 0. The molecule has 98 valence electrons. The van der Waals surface area contributed by atoms with Crippen molar-refractivity contribution in [3.8, 4) is 5.75 Å². The molecule has 3 aromatic rings. The molecule has 19 heavy (non-hydrogen) atoms. The van der Waals surface area contributed by atoms with Crippen LogP contribution >= 0.6 is 38.6 Å². The van der Waals surface area contributed by atoms with Crippen molar-refractivity contribution >= 4 is 48.0 Å². The maximum atomic E-state index is 5.31. The smallest absolute Gasteiger partial charge is 0.121 e. The van der Waals surface area contributed by atoms with E-state index >= 15 is 0 Å². The standard InChI is InChI=1S/C15H13BrOS2/c1-9-7-10(3-4-11(9)17-2)15(16)14-8-13-12(19-14)5-6-18-13/h3-8,15H,1-2H3. The highest BCUT2D eigenvalue weighted by Gasteiger charge is 2.15. The molecule has 0 spiro atoms. The Morgan fingerprint density at radius 1 is 1.16 bits per heavy atom. The predicted octanol–water partition coefficient (Wildman–Crippen LogP) is 5.76. The molecule has 0 fully saturated rings. The molecule has 1 unspecified atom stereocenters. The molecule has 1 nitrogen and oxygen atoms in total. The largest absolute Gasteiger partial charge is 0.496 e. The van der Waals surface area contributed by atoms with Gasteiger partial charge in [0.2, 0.25) is 0 Å². The van der Waals surface area contributed by atoms with Gasteiger partial charge in [-0.2, -0.15) is 0 Å². The first-order valence-corrected chi connectivity index (χ1v) is 8.56. The Morgan fingerprint density at radius 3 is 2.68 bits per heavy atom. The normalized spacial score (nSPS) is 12.8. The fraction of sp³-hybridized carbons (Fsp3) is 0.200. The van der Waals surface area contributed by atoms with Gasteiger partial charge in [0.1, 0.15) is 5.75 Å². The molecular weight excluding hydrogens is 340 g/mol. The number of ether oxygens (including phenoxy) is 1. The van der Waals surface area contributed by atoms with E-state index in [-0.39, 0.29) is 4.83 Å². The van der Waals surface area contributed by atoms with Crippen LogP contribution in [0.25, 0.3) is 9.40 Å². The van der Waals surface area contributed by atoms with E-state index in [2.05, 4.69) is 52.5 Å². The highest BCUT2D eigenvalue weighted by atomic mass is 79.9. The van der Waals surface area contributed by atoms with E-state index in [0.29, 0.717) is 0 Å². The van der Waals surface area contributed by atoms with E-state index in [1.54, 1.807) is 18.4 Å². The second kappa shape index (κ2) is 5.27. The summed E-state index contributed by atoms with van der Waals surface area (Å²) in [5.74, 6) is 0.940. The first-order valence-electron chi connectivity index (χ1n) is 5.94. The van der Waals surface area contributed by atoms with Crippen molar-refractivity contribution in [2.75, 3.05) is 7.11 Å². The Morgan fingerprint density at radius 2 is 2.00 bits per heavy atom. The molecule has 1 aromatic carbocycles. The number of fused-ring (bicyclic) bond motifs is 1. The number of benzene rings is 1. The molecule has 0 aliphatic heterocycles. The van der Waals surface area contributed by atoms with Gasteiger partial charge in [0.05, 0.1) is 11.9 Å². The van der Waals surface area contributed by atoms with Crippen LogP contribution in [0.4, 0.5) is 0 Å². The summed E-state index contributed by atoms with van der Waals surface area (Å²) < 4.78 is 8.05. The van der Waals surface area contributed by atoms with E-state index in [0.717, 1.165) is 5.75 Å². The lowest BCUT2D eigenvalue weighted by molar-refractivity contribution is 0.411. The first kappa shape index (κ1) is 13.2. The van der Waals surface area contributed by atoms with Gasteiger partial charge in [0, 0.05) is 14.3 Å². The zero-order valence-corrected chi connectivity index (χ0v) is 13.9. The second-order valence-electron chi connectivity index (χ2n) is 4.39. The van der Waals surface area contributed by atoms with Gasteiger partial charge >= 0.3 is 0 Å².